The van der Waals surface area contributed by atoms with Crippen molar-refractivity contribution < 1.29 is 27.9 Å². The molecule has 1 aliphatic rings. The number of hydrogen-bond acceptors (Lipinski definition) is 8. The number of anilines is 1. The molecular formula is C26H26ClF3N8O3. The first kappa shape index (κ1) is 31.1. The highest BCUT2D eigenvalue weighted by atomic mass is 35.5. The van der Waals surface area contributed by atoms with Gasteiger partial charge in [0.05, 0.1) is 41.5 Å². The lowest BCUT2D eigenvalue weighted by atomic mass is 10.0. The Balaban J connectivity index is 0.000000868. The van der Waals surface area contributed by atoms with Crippen LogP contribution in [0, 0.1) is 12.7 Å². The number of amides is 2. The zero-order valence-corrected chi connectivity index (χ0v) is 22.8. The van der Waals surface area contributed by atoms with Crippen molar-refractivity contribution in [2.75, 3.05) is 18.6 Å². The third-order valence-corrected chi connectivity index (χ3v) is 6.19. The molecule has 1 aromatic carbocycles. The number of carbonyl (C=O) groups excluding carboxylic acids is 2. The zero-order chi connectivity index (χ0) is 30.1. The fraction of sp³-hybridized carbons (Fsp3) is 0.269. The number of nitrogens with two attached hydrogens (primary N) is 1. The molecule has 3 aromatic heterocycles. The van der Waals surface area contributed by atoms with Crippen molar-refractivity contribution in [3.63, 3.8) is 0 Å². The van der Waals surface area contributed by atoms with Gasteiger partial charge in [-0.1, -0.05) is 17.7 Å². The maximum atomic E-state index is 14.7. The molecule has 5 rings (SSSR count). The molecule has 1 aliphatic heterocycles. The summed E-state index contributed by atoms with van der Waals surface area (Å²) in [6.45, 7) is 2.80. The number of halogens is 4. The van der Waals surface area contributed by atoms with Crippen LogP contribution in [0.5, 0.6) is 0 Å². The molecule has 4 heterocycles. The second-order valence-corrected chi connectivity index (χ2v) is 8.82. The lowest BCUT2D eigenvalue weighted by Gasteiger charge is -2.14. The van der Waals surface area contributed by atoms with E-state index in [1.54, 1.807) is 28.2 Å². The van der Waals surface area contributed by atoms with E-state index in [1.165, 1.54) is 12.4 Å². The molecule has 3 N–H and O–H groups in total. The molecule has 2 amide bonds. The third-order valence-electron chi connectivity index (χ3n) is 5.90. The molecule has 0 spiro atoms. The van der Waals surface area contributed by atoms with Gasteiger partial charge in [0.2, 0.25) is 18.3 Å². The number of carbonyl (C=O) groups is 2. The fourth-order valence-corrected chi connectivity index (χ4v) is 4.17. The fourth-order valence-electron chi connectivity index (χ4n) is 4.01. The highest BCUT2D eigenvalue weighted by molar-refractivity contribution is 6.31. The Morgan fingerprint density at radius 3 is 2.49 bits per heavy atom. The Kier molecular flexibility index (Phi) is 10.8. The summed E-state index contributed by atoms with van der Waals surface area (Å²) in [7, 11) is 1.00. The molecule has 15 heteroatoms. The van der Waals surface area contributed by atoms with Crippen LogP contribution in [0.15, 0.2) is 43.1 Å². The van der Waals surface area contributed by atoms with Crippen LogP contribution in [0.25, 0.3) is 22.5 Å². The Labute approximate surface area is 237 Å². The number of hydrogen-bond donors (Lipinski definition) is 2. The SMILES string of the molecule is CO.Cc1nc(N2CCCC2=O)ncc1Cn1cc(-c2cncc(-c3c(C(F)F)ccc(Cl)c3F)n2)cn1.NC=O. The molecule has 1 saturated heterocycles. The Morgan fingerprint density at radius 1 is 1.15 bits per heavy atom. The van der Waals surface area contributed by atoms with Crippen molar-refractivity contribution in [1.29, 1.82) is 0 Å². The van der Waals surface area contributed by atoms with Crippen molar-refractivity contribution in [3.8, 4) is 22.5 Å². The van der Waals surface area contributed by atoms with Crippen LogP contribution in [-0.4, -0.2) is 60.8 Å². The van der Waals surface area contributed by atoms with E-state index in [2.05, 4.69) is 30.8 Å². The largest absolute Gasteiger partial charge is 0.400 e. The van der Waals surface area contributed by atoms with Gasteiger partial charge in [-0.2, -0.15) is 5.10 Å². The minimum atomic E-state index is -2.92. The Hall–Kier alpha value is -4.43. The van der Waals surface area contributed by atoms with E-state index in [1.807, 2.05) is 6.92 Å². The predicted molar refractivity (Wildman–Crippen MR) is 144 cm³/mol. The number of alkyl halides is 2. The first-order valence-corrected chi connectivity index (χ1v) is 12.5. The maximum absolute atomic E-state index is 14.7. The number of aryl methyl sites for hydroxylation is 1. The monoisotopic (exact) mass is 590 g/mol. The molecule has 0 aliphatic carbocycles. The van der Waals surface area contributed by atoms with Crippen LogP contribution < -0.4 is 10.6 Å². The van der Waals surface area contributed by atoms with Gasteiger partial charge in [0.15, 0.2) is 5.82 Å². The van der Waals surface area contributed by atoms with Crippen LogP contribution in [0.3, 0.4) is 0 Å². The average molecular weight is 591 g/mol. The van der Waals surface area contributed by atoms with Gasteiger partial charge in [0, 0.05) is 60.4 Å². The predicted octanol–water partition coefficient (Wildman–Crippen LogP) is 3.72. The molecule has 4 aromatic rings. The van der Waals surface area contributed by atoms with E-state index < -0.39 is 17.8 Å². The first-order valence-electron chi connectivity index (χ1n) is 12.1. The lowest BCUT2D eigenvalue weighted by molar-refractivity contribution is -0.117. The van der Waals surface area contributed by atoms with Gasteiger partial charge >= 0.3 is 0 Å². The number of benzene rings is 1. The first-order chi connectivity index (χ1) is 19.7. The summed E-state index contributed by atoms with van der Waals surface area (Å²) in [5, 5.41) is 11.0. The van der Waals surface area contributed by atoms with E-state index in [4.69, 9.17) is 21.5 Å². The summed E-state index contributed by atoms with van der Waals surface area (Å²) < 4.78 is 43.4. The third kappa shape index (κ3) is 7.21. The number of aromatic nitrogens is 6. The van der Waals surface area contributed by atoms with Gasteiger partial charge in [-0.25, -0.2) is 28.1 Å². The summed E-state index contributed by atoms with van der Waals surface area (Å²) in [5.74, 6) is -0.574. The van der Waals surface area contributed by atoms with E-state index in [0.29, 0.717) is 36.7 Å². The summed E-state index contributed by atoms with van der Waals surface area (Å²) in [4.78, 5) is 39.3. The number of aliphatic hydroxyl groups excluding tert-OH is 1. The van der Waals surface area contributed by atoms with Gasteiger partial charge in [-0.15, -0.1) is 0 Å². The highest BCUT2D eigenvalue weighted by Gasteiger charge is 2.25. The zero-order valence-electron chi connectivity index (χ0n) is 22.0. The van der Waals surface area contributed by atoms with Crippen LogP contribution in [0.4, 0.5) is 19.1 Å². The molecule has 0 radical (unpaired) electrons. The maximum Gasteiger partial charge on any atom is 0.264 e. The number of primary amides is 1. The van der Waals surface area contributed by atoms with E-state index in [0.717, 1.165) is 36.9 Å². The number of rotatable bonds is 6. The molecular weight excluding hydrogens is 565 g/mol. The van der Waals surface area contributed by atoms with Crippen LogP contribution in [0.1, 0.15) is 36.1 Å². The summed E-state index contributed by atoms with van der Waals surface area (Å²) in [6, 6.07) is 2.16. The smallest absolute Gasteiger partial charge is 0.264 e. The van der Waals surface area contributed by atoms with Crippen molar-refractivity contribution in [3.05, 3.63) is 70.8 Å². The van der Waals surface area contributed by atoms with Crippen LogP contribution in [0.2, 0.25) is 5.02 Å². The lowest BCUT2D eigenvalue weighted by Crippen LogP contribution is -2.26. The normalized spacial score (nSPS) is 12.5. The highest BCUT2D eigenvalue weighted by Crippen LogP contribution is 2.36. The second kappa shape index (κ2) is 14.3. The summed E-state index contributed by atoms with van der Waals surface area (Å²) in [6.07, 6.45) is 6.18. The summed E-state index contributed by atoms with van der Waals surface area (Å²) >= 11 is 5.83. The second-order valence-electron chi connectivity index (χ2n) is 8.41. The standard InChI is InChI=1S/C24H19ClF3N7O.CH3NO.CH4O/c1-13-14(7-30-24(32-13)35-6-2-3-20(35)36)11-34-12-15(8-31-34)18-9-29-10-19(33-18)21-16(23(27)28)4-5-17(25)22(21)26;2-1-3;1-2/h4-5,7-10,12,23H,2-3,6,11H2,1H3;1H,(H2,2,3);2H,1H3. The van der Waals surface area contributed by atoms with Crippen molar-refractivity contribution in [2.24, 2.45) is 5.73 Å². The van der Waals surface area contributed by atoms with E-state index in [9.17, 15) is 18.0 Å². The van der Waals surface area contributed by atoms with Crippen molar-refractivity contribution in [1.82, 2.24) is 29.7 Å². The molecule has 0 unspecified atom stereocenters. The molecule has 11 nitrogen and oxygen atoms in total. The molecule has 216 valence electrons. The van der Waals surface area contributed by atoms with Gasteiger partial charge in [0.25, 0.3) is 6.43 Å². The molecule has 0 saturated carbocycles. The molecule has 0 atom stereocenters. The molecule has 1 fully saturated rings. The van der Waals surface area contributed by atoms with Gasteiger partial charge < -0.3 is 10.8 Å². The van der Waals surface area contributed by atoms with Gasteiger partial charge in [0.1, 0.15) is 0 Å². The average Bonchev–Trinajstić information content (AvgIpc) is 3.62. The van der Waals surface area contributed by atoms with Gasteiger partial charge in [-0.3, -0.25) is 24.2 Å². The molecule has 41 heavy (non-hydrogen) atoms. The Morgan fingerprint density at radius 2 is 1.85 bits per heavy atom. The minimum absolute atomic E-state index is 0.0144. The van der Waals surface area contributed by atoms with E-state index in [-0.39, 0.29) is 28.6 Å². The number of nitrogens with zero attached hydrogens (tertiary/aromatic N) is 7. The van der Waals surface area contributed by atoms with Crippen molar-refractivity contribution >= 4 is 29.9 Å². The van der Waals surface area contributed by atoms with Crippen LogP contribution >= 0.6 is 11.6 Å². The Bertz CT molecular complexity index is 1520. The summed E-state index contributed by atoms with van der Waals surface area (Å²) in [5.41, 5.74) is 5.61. The quantitative estimate of drug-likeness (QED) is 0.322. The number of aliphatic hydroxyl groups is 1. The van der Waals surface area contributed by atoms with Gasteiger partial charge in [-0.05, 0) is 19.4 Å². The topological polar surface area (TPSA) is 153 Å². The molecule has 0 bridgehead atoms. The van der Waals surface area contributed by atoms with Crippen LogP contribution in [-0.2, 0) is 16.1 Å². The minimum Gasteiger partial charge on any atom is -0.400 e. The van der Waals surface area contributed by atoms with Crippen molar-refractivity contribution in [2.45, 2.75) is 32.7 Å². The van der Waals surface area contributed by atoms with E-state index >= 15 is 0 Å².